The summed E-state index contributed by atoms with van der Waals surface area (Å²) in [6.07, 6.45) is 0. The summed E-state index contributed by atoms with van der Waals surface area (Å²) in [7, 11) is 0. The lowest BCUT2D eigenvalue weighted by molar-refractivity contribution is 0.412. The average molecular weight is 360 g/mol. The van der Waals surface area contributed by atoms with Crippen LogP contribution in [0, 0.1) is 0 Å². The van der Waals surface area contributed by atoms with Crippen molar-refractivity contribution in [2.24, 2.45) is 0 Å². The van der Waals surface area contributed by atoms with Gasteiger partial charge in [-0.1, -0.05) is 24.3 Å². The summed E-state index contributed by atoms with van der Waals surface area (Å²) in [4.78, 5) is 2.23. The number of benzene rings is 3. The zero-order valence-corrected chi connectivity index (χ0v) is 13.7. The molecule has 0 bridgehead atoms. The fourth-order valence-corrected chi connectivity index (χ4v) is 2.93. The van der Waals surface area contributed by atoms with Crippen molar-refractivity contribution in [3.8, 4) is 28.6 Å². The second kappa shape index (κ2) is 5.43. The van der Waals surface area contributed by atoms with E-state index in [1.54, 1.807) is 24.3 Å². The van der Waals surface area contributed by atoms with E-state index >= 15 is 0 Å². The maximum atomic E-state index is 10.8. The van der Waals surface area contributed by atoms with Crippen LogP contribution in [0.2, 0.25) is 0 Å². The van der Waals surface area contributed by atoms with Crippen LogP contribution >= 0.6 is 0 Å². The Kier molecular flexibility index (Phi) is 3.04. The number of hydrogen-bond acceptors (Lipinski definition) is 7. The number of hydrogen-bond donors (Lipinski definition) is 3. The quantitative estimate of drug-likeness (QED) is 0.441. The lowest BCUT2D eigenvalue weighted by atomic mass is 10.2. The number of aromatic hydroxyl groups is 3. The van der Waals surface area contributed by atoms with Gasteiger partial charge in [-0.05, 0) is 24.3 Å². The molecule has 0 atom stereocenters. The summed E-state index contributed by atoms with van der Waals surface area (Å²) < 4.78 is 0. The van der Waals surface area contributed by atoms with Crippen molar-refractivity contribution < 1.29 is 15.3 Å². The van der Waals surface area contributed by atoms with Gasteiger partial charge in [-0.15, -0.1) is 30.0 Å². The molecule has 5 aromatic rings. The van der Waals surface area contributed by atoms with Gasteiger partial charge in [-0.25, -0.2) is 0 Å². The van der Waals surface area contributed by atoms with Crippen LogP contribution in [0.4, 0.5) is 0 Å². The van der Waals surface area contributed by atoms with Crippen molar-refractivity contribution in [3.05, 3.63) is 54.6 Å². The molecule has 5 rings (SSSR count). The van der Waals surface area contributed by atoms with Gasteiger partial charge in [0, 0.05) is 6.07 Å². The average Bonchev–Trinajstić information content (AvgIpc) is 3.24. The fourth-order valence-electron chi connectivity index (χ4n) is 2.93. The monoisotopic (exact) mass is 360 g/mol. The van der Waals surface area contributed by atoms with E-state index in [4.69, 9.17) is 0 Å². The Bertz CT molecular complexity index is 1160. The molecule has 3 aromatic carbocycles. The molecule has 27 heavy (non-hydrogen) atoms. The smallest absolute Gasteiger partial charge is 0.178 e. The maximum absolute atomic E-state index is 10.8. The van der Waals surface area contributed by atoms with Crippen LogP contribution in [-0.2, 0) is 0 Å². The molecule has 0 fully saturated rings. The number of fused-ring (bicyclic) bond motifs is 2. The minimum Gasteiger partial charge on any atom is -0.505 e. The Labute approximate surface area is 151 Å². The molecule has 132 valence electrons. The van der Waals surface area contributed by atoms with Crippen LogP contribution in [-0.4, -0.2) is 45.3 Å². The number of aromatic nitrogens is 6. The third-order valence-corrected chi connectivity index (χ3v) is 4.18. The van der Waals surface area contributed by atoms with Crippen molar-refractivity contribution in [2.45, 2.75) is 0 Å². The van der Waals surface area contributed by atoms with E-state index in [0.717, 1.165) is 15.7 Å². The van der Waals surface area contributed by atoms with Gasteiger partial charge in [0.15, 0.2) is 28.6 Å². The van der Waals surface area contributed by atoms with E-state index in [9.17, 15) is 15.3 Å². The number of phenols is 3. The summed E-state index contributed by atoms with van der Waals surface area (Å²) in [5, 5.41) is 48.4. The molecule has 0 saturated heterocycles. The Morgan fingerprint density at radius 2 is 0.889 bits per heavy atom. The highest BCUT2D eigenvalue weighted by molar-refractivity contribution is 5.77. The summed E-state index contributed by atoms with van der Waals surface area (Å²) in [5.74, 6) is -1.22. The lowest BCUT2D eigenvalue weighted by Gasteiger charge is -2.11. The third-order valence-electron chi connectivity index (χ3n) is 4.18. The zero-order chi connectivity index (χ0) is 18.5. The van der Waals surface area contributed by atoms with Gasteiger partial charge in [0.1, 0.15) is 22.1 Å². The number of phenolic OH excluding ortho intramolecular Hbond substituents is 3. The first-order valence-electron chi connectivity index (χ1n) is 8.04. The zero-order valence-electron chi connectivity index (χ0n) is 13.7. The minimum atomic E-state index is -0.451. The molecule has 3 N–H and O–H groups in total. The minimum absolute atomic E-state index is 0.0830. The van der Waals surface area contributed by atoms with E-state index in [1.807, 2.05) is 24.3 Å². The maximum Gasteiger partial charge on any atom is 0.178 e. The van der Waals surface area contributed by atoms with Crippen LogP contribution in [0.25, 0.3) is 33.4 Å². The standard InChI is InChI=1S/C18H12N6O3/c25-14-9-15(26)17(24-21-12-7-3-4-8-13(12)22-24)18(27)16(14)23-19-10-5-1-2-6-11(10)20-23/h1-9,25-27H. The van der Waals surface area contributed by atoms with Gasteiger partial charge in [0.2, 0.25) is 0 Å². The van der Waals surface area contributed by atoms with E-state index in [-0.39, 0.29) is 22.9 Å². The van der Waals surface area contributed by atoms with Crippen molar-refractivity contribution in [1.29, 1.82) is 0 Å². The lowest BCUT2D eigenvalue weighted by Crippen LogP contribution is -2.05. The highest BCUT2D eigenvalue weighted by Crippen LogP contribution is 2.41. The molecule has 0 aliphatic carbocycles. The molecule has 0 radical (unpaired) electrons. The van der Waals surface area contributed by atoms with E-state index < -0.39 is 5.75 Å². The van der Waals surface area contributed by atoms with Gasteiger partial charge in [0.05, 0.1) is 0 Å². The van der Waals surface area contributed by atoms with Crippen molar-refractivity contribution in [1.82, 2.24) is 30.0 Å². The van der Waals surface area contributed by atoms with Crippen molar-refractivity contribution in [2.75, 3.05) is 0 Å². The first-order valence-corrected chi connectivity index (χ1v) is 8.04. The van der Waals surface area contributed by atoms with Crippen LogP contribution in [0.5, 0.6) is 17.2 Å². The van der Waals surface area contributed by atoms with Crippen LogP contribution in [0.3, 0.4) is 0 Å². The Balaban J connectivity index is 1.76. The SMILES string of the molecule is Oc1cc(O)c(-n2nc3ccccc3n2)c(O)c1-n1nc2ccccc2n1. The molecule has 0 spiro atoms. The number of rotatable bonds is 2. The Hall–Kier alpha value is -4.14. The van der Waals surface area contributed by atoms with Gasteiger partial charge >= 0.3 is 0 Å². The molecule has 0 unspecified atom stereocenters. The summed E-state index contributed by atoms with van der Waals surface area (Å²) in [6, 6.07) is 15.4. The first kappa shape index (κ1) is 15.1. The van der Waals surface area contributed by atoms with Gasteiger partial charge in [-0.3, -0.25) is 0 Å². The van der Waals surface area contributed by atoms with E-state index in [2.05, 4.69) is 20.4 Å². The van der Waals surface area contributed by atoms with Gasteiger partial charge in [0.25, 0.3) is 0 Å². The topological polar surface area (TPSA) is 122 Å². The molecular weight excluding hydrogens is 348 g/mol. The number of nitrogens with zero attached hydrogens (tertiary/aromatic N) is 6. The third kappa shape index (κ3) is 2.25. The van der Waals surface area contributed by atoms with Gasteiger partial charge < -0.3 is 15.3 Å². The largest absolute Gasteiger partial charge is 0.505 e. The highest BCUT2D eigenvalue weighted by atomic mass is 16.3. The molecular formula is C18H12N6O3. The van der Waals surface area contributed by atoms with Crippen LogP contribution in [0.1, 0.15) is 0 Å². The highest BCUT2D eigenvalue weighted by Gasteiger charge is 2.23. The predicted molar refractivity (Wildman–Crippen MR) is 96.3 cm³/mol. The summed E-state index contributed by atoms with van der Waals surface area (Å²) in [6.45, 7) is 0. The van der Waals surface area contributed by atoms with Crippen LogP contribution in [0.15, 0.2) is 54.6 Å². The van der Waals surface area contributed by atoms with Crippen molar-refractivity contribution in [3.63, 3.8) is 0 Å². The predicted octanol–water partition coefficient (Wildman–Crippen LogP) is 2.27. The molecule has 2 aromatic heterocycles. The molecule has 9 nitrogen and oxygen atoms in total. The molecule has 9 heteroatoms. The molecule has 2 heterocycles. The summed E-state index contributed by atoms with van der Waals surface area (Å²) in [5.41, 5.74) is 2.20. The Morgan fingerprint density at radius 3 is 1.22 bits per heavy atom. The van der Waals surface area contributed by atoms with Crippen LogP contribution < -0.4 is 0 Å². The second-order valence-corrected chi connectivity index (χ2v) is 5.92. The first-order chi connectivity index (χ1) is 13.1. The van der Waals surface area contributed by atoms with Gasteiger partial charge in [-0.2, -0.15) is 0 Å². The normalized spacial score (nSPS) is 11.4. The summed E-state index contributed by atoms with van der Waals surface area (Å²) >= 11 is 0. The molecule has 0 saturated carbocycles. The van der Waals surface area contributed by atoms with E-state index in [1.165, 1.54) is 0 Å². The van der Waals surface area contributed by atoms with E-state index in [0.29, 0.717) is 22.1 Å². The second-order valence-electron chi connectivity index (χ2n) is 5.92. The molecule has 0 aliphatic rings. The molecule has 0 aliphatic heterocycles. The Morgan fingerprint density at radius 1 is 0.556 bits per heavy atom. The molecule has 0 amide bonds. The van der Waals surface area contributed by atoms with Crippen molar-refractivity contribution >= 4 is 22.1 Å². The fraction of sp³-hybridized carbons (Fsp3) is 0.